The molecule has 0 radical (unpaired) electrons. The van der Waals surface area contributed by atoms with E-state index in [2.05, 4.69) is 9.97 Å². The van der Waals surface area contributed by atoms with Crippen molar-refractivity contribution >= 4 is 28.6 Å². The highest BCUT2D eigenvalue weighted by Crippen LogP contribution is 2.28. The zero-order valence-electron chi connectivity index (χ0n) is 13.0. The molecule has 5 heteroatoms. The Balaban J connectivity index is 1.73. The second-order valence-corrected chi connectivity index (χ2v) is 6.11. The summed E-state index contributed by atoms with van der Waals surface area (Å²) < 4.78 is 0. The number of carboxylic acid groups (broad SMARTS) is 1. The fourth-order valence-electron chi connectivity index (χ4n) is 2.85. The van der Waals surface area contributed by atoms with E-state index < -0.39 is 5.97 Å². The highest BCUT2D eigenvalue weighted by molar-refractivity contribution is 6.31. The van der Waals surface area contributed by atoms with Crippen molar-refractivity contribution in [1.29, 1.82) is 0 Å². The minimum atomic E-state index is -0.936. The van der Waals surface area contributed by atoms with E-state index in [4.69, 9.17) is 11.6 Å². The van der Waals surface area contributed by atoms with Crippen LogP contribution in [0.1, 0.15) is 10.4 Å². The third-order valence-electron chi connectivity index (χ3n) is 4.07. The van der Waals surface area contributed by atoms with Crippen molar-refractivity contribution in [2.75, 3.05) is 0 Å². The van der Waals surface area contributed by atoms with Crippen LogP contribution >= 0.6 is 11.6 Å². The third kappa shape index (κ3) is 2.88. The normalized spacial score (nSPS) is 10.9. The topological polar surface area (TPSA) is 66.0 Å². The maximum atomic E-state index is 11.4. The van der Waals surface area contributed by atoms with Gasteiger partial charge in [0.2, 0.25) is 0 Å². The van der Waals surface area contributed by atoms with Crippen LogP contribution in [0.5, 0.6) is 0 Å². The van der Waals surface area contributed by atoms with Crippen LogP contribution in [0.4, 0.5) is 0 Å². The molecule has 0 fully saturated rings. The smallest absolute Gasteiger partial charge is 0.336 e. The molecule has 0 atom stereocenters. The van der Waals surface area contributed by atoms with Crippen LogP contribution in [-0.4, -0.2) is 21.0 Å². The molecule has 0 bridgehead atoms. The number of hydrogen-bond donors (Lipinski definition) is 2. The first-order valence-electron chi connectivity index (χ1n) is 7.70. The molecule has 1 heterocycles. The van der Waals surface area contributed by atoms with Crippen LogP contribution in [0.15, 0.2) is 66.7 Å². The van der Waals surface area contributed by atoms with Gasteiger partial charge in [0, 0.05) is 10.6 Å². The number of halogens is 1. The van der Waals surface area contributed by atoms with Gasteiger partial charge in [-0.3, -0.25) is 0 Å². The number of benzene rings is 3. The van der Waals surface area contributed by atoms with E-state index >= 15 is 0 Å². The van der Waals surface area contributed by atoms with Crippen LogP contribution in [-0.2, 0) is 0 Å². The van der Waals surface area contributed by atoms with E-state index in [0.717, 1.165) is 28.0 Å². The van der Waals surface area contributed by atoms with E-state index in [1.54, 1.807) is 18.2 Å². The lowest BCUT2D eigenvalue weighted by atomic mass is 9.98. The van der Waals surface area contributed by atoms with Crippen molar-refractivity contribution in [3.8, 4) is 22.5 Å². The van der Waals surface area contributed by atoms with Crippen LogP contribution < -0.4 is 0 Å². The summed E-state index contributed by atoms with van der Waals surface area (Å²) in [6.07, 6.45) is 0. The lowest BCUT2D eigenvalue weighted by molar-refractivity contribution is 0.0697. The molecule has 122 valence electrons. The lowest BCUT2D eigenvalue weighted by Gasteiger charge is -2.06. The first-order valence-corrected chi connectivity index (χ1v) is 8.08. The summed E-state index contributed by atoms with van der Waals surface area (Å²) >= 11 is 6.01. The molecule has 4 aromatic rings. The predicted octanol–water partition coefficient (Wildman–Crippen LogP) is 5.25. The number of hydrogen-bond acceptors (Lipinski definition) is 2. The van der Waals surface area contributed by atoms with Crippen molar-refractivity contribution in [1.82, 2.24) is 9.97 Å². The Hall–Kier alpha value is -3.11. The van der Waals surface area contributed by atoms with Crippen molar-refractivity contribution < 1.29 is 9.90 Å². The van der Waals surface area contributed by atoms with E-state index in [1.807, 2.05) is 48.5 Å². The maximum Gasteiger partial charge on any atom is 0.336 e. The van der Waals surface area contributed by atoms with Gasteiger partial charge in [-0.25, -0.2) is 9.78 Å². The molecule has 0 saturated heterocycles. The molecule has 4 rings (SSSR count). The molecule has 25 heavy (non-hydrogen) atoms. The van der Waals surface area contributed by atoms with Crippen molar-refractivity contribution in [3.05, 3.63) is 77.3 Å². The van der Waals surface area contributed by atoms with Gasteiger partial charge in [-0.15, -0.1) is 0 Å². The SMILES string of the molecule is O=C(O)c1ccccc1-c1ccc(-c2nc3ccc(Cl)cc3[nH]2)cc1. The molecule has 0 aliphatic heterocycles. The average molecular weight is 349 g/mol. The molecule has 2 N–H and O–H groups in total. The molecule has 0 amide bonds. The molecule has 1 aromatic heterocycles. The molecule has 0 aliphatic rings. The number of carbonyl (C=O) groups is 1. The summed E-state index contributed by atoms with van der Waals surface area (Å²) in [5, 5.41) is 9.99. The van der Waals surface area contributed by atoms with Crippen LogP contribution in [0.2, 0.25) is 5.02 Å². The van der Waals surface area contributed by atoms with Crippen molar-refractivity contribution in [3.63, 3.8) is 0 Å². The van der Waals surface area contributed by atoms with Gasteiger partial charge in [0.15, 0.2) is 0 Å². The van der Waals surface area contributed by atoms with Crippen molar-refractivity contribution in [2.45, 2.75) is 0 Å². The molecule has 3 aromatic carbocycles. The Labute approximate surface area is 148 Å². The van der Waals surface area contributed by atoms with Gasteiger partial charge in [0.05, 0.1) is 16.6 Å². The zero-order valence-corrected chi connectivity index (χ0v) is 13.8. The maximum absolute atomic E-state index is 11.4. The number of aromatic carboxylic acids is 1. The number of nitrogens with one attached hydrogen (secondary N) is 1. The van der Waals surface area contributed by atoms with E-state index in [0.29, 0.717) is 10.6 Å². The number of H-pyrrole nitrogens is 1. The first kappa shape index (κ1) is 15.4. The van der Waals surface area contributed by atoms with Crippen LogP contribution in [0.3, 0.4) is 0 Å². The van der Waals surface area contributed by atoms with Gasteiger partial charge < -0.3 is 10.1 Å². The van der Waals surface area contributed by atoms with Gasteiger partial charge in [-0.2, -0.15) is 0 Å². The summed E-state index contributed by atoms with van der Waals surface area (Å²) in [6, 6.07) is 20.1. The Kier molecular flexibility index (Phi) is 3.75. The summed E-state index contributed by atoms with van der Waals surface area (Å²) in [7, 11) is 0. The number of rotatable bonds is 3. The average Bonchev–Trinajstić information content (AvgIpc) is 3.05. The molecule has 0 unspecified atom stereocenters. The summed E-state index contributed by atoms with van der Waals surface area (Å²) in [6.45, 7) is 0. The second kappa shape index (κ2) is 6.07. The van der Waals surface area contributed by atoms with Gasteiger partial charge >= 0.3 is 5.97 Å². The Morgan fingerprint density at radius 2 is 1.68 bits per heavy atom. The number of nitrogens with zero attached hydrogens (tertiary/aromatic N) is 1. The molecule has 0 saturated carbocycles. The van der Waals surface area contributed by atoms with Crippen LogP contribution in [0, 0.1) is 0 Å². The highest BCUT2D eigenvalue weighted by atomic mass is 35.5. The predicted molar refractivity (Wildman–Crippen MR) is 98.9 cm³/mol. The minimum Gasteiger partial charge on any atom is -0.478 e. The molecular weight excluding hydrogens is 336 g/mol. The highest BCUT2D eigenvalue weighted by Gasteiger charge is 2.11. The molecule has 0 spiro atoms. The van der Waals surface area contributed by atoms with Gasteiger partial charge in [0.25, 0.3) is 0 Å². The second-order valence-electron chi connectivity index (χ2n) is 5.67. The standard InChI is InChI=1S/C20H13ClN2O2/c21-14-9-10-17-18(11-14)23-19(22-17)13-7-5-12(6-8-13)15-3-1-2-4-16(15)20(24)25/h1-11H,(H,22,23)(H,24,25). The molecular formula is C20H13ClN2O2. The number of carboxylic acids is 1. The summed E-state index contributed by atoms with van der Waals surface area (Å²) in [5.74, 6) is -0.191. The van der Waals surface area contributed by atoms with Gasteiger partial charge in [-0.05, 0) is 35.4 Å². The largest absolute Gasteiger partial charge is 0.478 e. The van der Waals surface area contributed by atoms with E-state index in [-0.39, 0.29) is 5.56 Å². The number of imidazole rings is 1. The third-order valence-corrected chi connectivity index (χ3v) is 4.31. The number of aromatic nitrogens is 2. The van der Waals surface area contributed by atoms with E-state index in [9.17, 15) is 9.90 Å². The quantitative estimate of drug-likeness (QED) is 0.531. The van der Waals surface area contributed by atoms with Crippen LogP contribution in [0.25, 0.3) is 33.5 Å². The first-order chi connectivity index (χ1) is 12.1. The Morgan fingerprint density at radius 1 is 0.960 bits per heavy atom. The number of fused-ring (bicyclic) bond motifs is 1. The Bertz CT molecular complexity index is 1080. The lowest BCUT2D eigenvalue weighted by Crippen LogP contribution is -1.98. The molecule has 4 nitrogen and oxygen atoms in total. The Morgan fingerprint density at radius 3 is 2.44 bits per heavy atom. The van der Waals surface area contributed by atoms with E-state index in [1.165, 1.54) is 0 Å². The fourth-order valence-corrected chi connectivity index (χ4v) is 3.02. The monoisotopic (exact) mass is 348 g/mol. The number of aromatic amines is 1. The van der Waals surface area contributed by atoms with Crippen molar-refractivity contribution in [2.24, 2.45) is 0 Å². The minimum absolute atomic E-state index is 0.286. The molecule has 0 aliphatic carbocycles. The fraction of sp³-hybridized carbons (Fsp3) is 0. The summed E-state index contributed by atoms with van der Waals surface area (Å²) in [5.41, 5.74) is 4.47. The zero-order chi connectivity index (χ0) is 17.4. The van der Waals surface area contributed by atoms with Gasteiger partial charge in [-0.1, -0.05) is 54.1 Å². The summed E-state index contributed by atoms with van der Waals surface area (Å²) in [4.78, 5) is 19.2. The van der Waals surface area contributed by atoms with Gasteiger partial charge in [0.1, 0.15) is 5.82 Å².